The van der Waals surface area contributed by atoms with E-state index in [0.717, 1.165) is 19.4 Å². The monoisotopic (exact) mass is 320 g/mol. The van der Waals surface area contributed by atoms with E-state index in [1.807, 2.05) is 0 Å². The van der Waals surface area contributed by atoms with Gasteiger partial charge in [0.25, 0.3) is 0 Å². The summed E-state index contributed by atoms with van der Waals surface area (Å²) in [5.41, 5.74) is -0.243. The minimum absolute atomic E-state index is 0.0959. The molecule has 2 aliphatic heterocycles. The molecule has 1 aromatic rings. The summed E-state index contributed by atoms with van der Waals surface area (Å²) in [6.07, 6.45) is 2.40. The molecule has 1 unspecified atom stereocenters. The molecule has 1 amide bonds. The number of amides is 1. The van der Waals surface area contributed by atoms with Gasteiger partial charge in [0, 0.05) is 12.5 Å². The Morgan fingerprint density at radius 3 is 2.78 bits per heavy atom. The van der Waals surface area contributed by atoms with Gasteiger partial charge in [0.1, 0.15) is 23.2 Å². The van der Waals surface area contributed by atoms with Crippen LogP contribution in [-0.2, 0) is 4.79 Å². The first kappa shape index (κ1) is 15.6. The van der Waals surface area contributed by atoms with Crippen LogP contribution in [0.15, 0.2) is 18.2 Å². The summed E-state index contributed by atoms with van der Waals surface area (Å²) in [7, 11) is 0. The Balaban J connectivity index is 1.53. The second-order valence-corrected chi connectivity index (χ2v) is 5.99. The fourth-order valence-electron chi connectivity index (χ4n) is 3.00. The lowest BCUT2D eigenvalue weighted by molar-refractivity contribution is -0.140. The first-order chi connectivity index (χ1) is 11.0. The van der Waals surface area contributed by atoms with Crippen molar-refractivity contribution in [1.29, 1.82) is 0 Å². The van der Waals surface area contributed by atoms with Crippen molar-refractivity contribution in [2.24, 2.45) is 0 Å². The summed E-state index contributed by atoms with van der Waals surface area (Å²) in [5.74, 6) is -1.34. The number of carboxylic acid groups (broad SMARTS) is 1. The Kier molecular flexibility index (Phi) is 4.38. The van der Waals surface area contributed by atoms with Gasteiger partial charge in [-0.05, 0) is 31.5 Å². The third-order valence-electron chi connectivity index (χ3n) is 4.30. The van der Waals surface area contributed by atoms with Crippen LogP contribution in [0.25, 0.3) is 0 Å². The molecule has 7 heteroatoms. The molecule has 0 aliphatic carbocycles. The number of rotatable bonds is 5. The van der Waals surface area contributed by atoms with Gasteiger partial charge < -0.3 is 25.2 Å². The molecule has 2 heterocycles. The second kappa shape index (κ2) is 6.45. The van der Waals surface area contributed by atoms with Crippen LogP contribution in [0.2, 0.25) is 0 Å². The summed E-state index contributed by atoms with van der Waals surface area (Å²) in [4.78, 5) is 25.0. The van der Waals surface area contributed by atoms with Gasteiger partial charge in [0.05, 0.1) is 13.1 Å². The standard InChI is InChI=1S/C16H20N2O5/c19-12-4-1-5-13(15(12)16(21)22)23-11-8-18(9-11)14(20)7-10-3-2-6-17-10/h1,4-5,10-11,17,19H,2-3,6-9H2,(H,21,22). The lowest BCUT2D eigenvalue weighted by atomic mass is 10.1. The first-order valence-corrected chi connectivity index (χ1v) is 7.77. The number of hydrogen-bond acceptors (Lipinski definition) is 5. The van der Waals surface area contributed by atoms with E-state index in [9.17, 15) is 14.7 Å². The van der Waals surface area contributed by atoms with Gasteiger partial charge in [0.15, 0.2) is 0 Å². The van der Waals surface area contributed by atoms with Gasteiger partial charge in [0.2, 0.25) is 5.91 Å². The normalized spacial score (nSPS) is 21.0. The van der Waals surface area contributed by atoms with Crippen LogP contribution < -0.4 is 10.1 Å². The molecular weight excluding hydrogens is 300 g/mol. The number of aromatic carboxylic acids is 1. The largest absolute Gasteiger partial charge is 0.507 e. The summed E-state index contributed by atoms with van der Waals surface area (Å²) >= 11 is 0. The number of carboxylic acids is 1. The Morgan fingerprint density at radius 2 is 2.13 bits per heavy atom. The molecule has 3 rings (SSSR count). The zero-order valence-electron chi connectivity index (χ0n) is 12.7. The van der Waals surface area contributed by atoms with E-state index in [0.29, 0.717) is 19.5 Å². The number of benzene rings is 1. The maximum atomic E-state index is 12.1. The van der Waals surface area contributed by atoms with Crippen molar-refractivity contribution in [3.63, 3.8) is 0 Å². The van der Waals surface area contributed by atoms with Crippen LogP contribution >= 0.6 is 0 Å². The highest BCUT2D eigenvalue weighted by Gasteiger charge is 2.34. The second-order valence-electron chi connectivity index (χ2n) is 5.99. The van der Waals surface area contributed by atoms with Gasteiger partial charge in [-0.1, -0.05) is 6.07 Å². The summed E-state index contributed by atoms with van der Waals surface area (Å²) in [6.45, 7) is 1.86. The zero-order chi connectivity index (χ0) is 16.4. The fourth-order valence-corrected chi connectivity index (χ4v) is 3.00. The van der Waals surface area contributed by atoms with E-state index >= 15 is 0 Å². The molecule has 2 fully saturated rings. The molecule has 1 aromatic carbocycles. The van der Waals surface area contributed by atoms with E-state index in [2.05, 4.69) is 5.32 Å². The number of nitrogens with one attached hydrogen (secondary N) is 1. The molecule has 7 nitrogen and oxygen atoms in total. The van der Waals surface area contributed by atoms with Crippen LogP contribution in [0, 0.1) is 0 Å². The molecule has 0 bridgehead atoms. The van der Waals surface area contributed by atoms with Crippen molar-refractivity contribution in [1.82, 2.24) is 10.2 Å². The number of phenols is 1. The number of aromatic hydroxyl groups is 1. The Bertz CT molecular complexity index is 606. The van der Waals surface area contributed by atoms with Crippen LogP contribution in [0.1, 0.15) is 29.6 Å². The highest BCUT2D eigenvalue weighted by atomic mass is 16.5. The maximum absolute atomic E-state index is 12.1. The van der Waals surface area contributed by atoms with Crippen LogP contribution in [-0.4, -0.2) is 58.8 Å². The number of carbonyl (C=O) groups is 2. The maximum Gasteiger partial charge on any atom is 0.343 e. The van der Waals surface area contributed by atoms with Gasteiger partial charge in [-0.25, -0.2) is 4.79 Å². The van der Waals surface area contributed by atoms with Crippen molar-refractivity contribution in [3.05, 3.63) is 23.8 Å². The Morgan fingerprint density at radius 1 is 1.35 bits per heavy atom. The third-order valence-corrected chi connectivity index (χ3v) is 4.30. The Labute approximate surface area is 133 Å². The Hall–Kier alpha value is -2.28. The molecule has 0 radical (unpaired) electrons. The molecule has 124 valence electrons. The summed E-state index contributed by atoms with van der Waals surface area (Å²) in [6, 6.07) is 4.62. The van der Waals surface area contributed by atoms with E-state index in [1.54, 1.807) is 4.90 Å². The van der Waals surface area contributed by atoms with Gasteiger partial charge >= 0.3 is 5.97 Å². The summed E-state index contributed by atoms with van der Waals surface area (Å²) in [5, 5.41) is 22.1. The molecular formula is C16H20N2O5. The minimum Gasteiger partial charge on any atom is -0.507 e. The lowest BCUT2D eigenvalue weighted by Gasteiger charge is -2.39. The van der Waals surface area contributed by atoms with E-state index < -0.39 is 5.97 Å². The number of likely N-dealkylation sites (tertiary alicyclic amines) is 1. The average Bonchev–Trinajstić information content (AvgIpc) is 2.94. The fraction of sp³-hybridized carbons (Fsp3) is 0.500. The number of nitrogens with zero attached hydrogens (tertiary/aromatic N) is 1. The van der Waals surface area contributed by atoms with Crippen molar-refractivity contribution in [3.8, 4) is 11.5 Å². The quantitative estimate of drug-likeness (QED) is 0.743. The van der Waals surface area contributed by atoms with Crippen molar-refractivity contribution in [2.75, 3.05) is 19.6 Å². The number of carbonyl (C=O) groups excluding carboxylic acids is 1. The third kappa shape index (κ3) is 3.39. The highest BCUT2D eigenvalue weighted by molar-refractivity contribution is 5.94. The topological polar surface area (TPSA) is 99.1 Å². The van der Waals surface area contributed by atoms with E-state index in [1.165, 1.54) is 18.2 Å². The van der Waals surface area contributed by atoms with Gasteiger partial charge in [-0.15, -0.1) is 0 Å². The molecule has 0 spiro atoms. The lowest BCUT2D eigenvalue weighted by Crippen LogP contribution is -2.56. The number of ether oxygens (including phenoxy) is 1. The van der Waals surface area contributed by atoms with Crippen LogP contribution in [0.3, 0.4) is 0 Å². The predicted molar refractivity (Wildman–Crippen MR) is 81.7 cm³/mol. The SMILES string of the molecule is O=C(O)c1c(O)cccc1OC1CN(C(=O)CC2CCCN2)C1. The van der Waals surface area contributed by atoms with Gasteiger partial charge in [-0.2, -0.15) is 0 Å². The smallest absolute Gasteiger partial charge is 0.343 e. The molecule has 2 saturated heterocycles. The molecule has 0 saturated carbocycles. The van der Waals surface area contributed by atoms with Crippen molar-refractivity contribution < 1.29 is 24.5 Å². The molecule has 2 aliphatic rings. The molecule has 1 atom stereocenters. The van der Waals surface area contributed by atoms with Crippen LogP contribution in [0.4, 0.5) is 0 Å². The van der Waals surface area contributed by atoms with E-state index in [4.69, 9.17) is 9.84 Å². The highest BCUT2D eigenvalue weighted by Crippen LogP contribution is 2.29. The molecule has 23 heavy (non-hydrogen) atoms. The van der Waals surface area contributed by atoms with Crippen LogP contribution in [0.5, 0.6) is 11.5 Å². The molecule has 3 N–H and O–H groups in total. The predicted octanol–water partition coefficient (Wildman–Crippen LogP) is 0.822. The van der Waals surface area contributed by atoms with Gasteiger partial charge in [-0.3, -0.25) is 4.79 Å². The van der Waals surface area contributed by atoms with Crippen molar-refractivity contribution >= 4 is 11.9 Å². The average molecular weight is 320 g/mol. The minimum atomic E-state index is -1.24. The van der Waals surface area contributed by atoms with Crippen molar-refractivity contribution in [2.45, 2.75) is 31.4 Å². The first-order valence-electron chi connectivity index (χ1n) is 7.77. The van der Waals surface area contributed by atoms with E-state index in [-0.39, 0.29) is 35.1 Å². The molecule has 0 aromatic heterocycles. The number of hydrogen-bond donors (Lipinski definition) is 3. The zero-order valence-corrected chi connectivity index (χ0v) is 12.7. The summed E-state index contributed by atoms with van der Waals surface area (Å²) < 4.78 is 5.62.